The predicted molar refractivity (Wildman–Crippen MR) is 67.8 cm³/mol. The molecule has 0 radical (unpaired) electrons. The van der Waals surface area contributed by atoms with Crippen LogP contribution in [0.15, 0.2) is 0 Å². The molecule has 0 saturated carbocycles. The fraction of sp³-hybridized carbons (Fsp3) is 1.00. The van der Waals surface area contributed by atoms with E-state index in [1.165, 1.54) is 0 Å². The Labute approximate surface area is 100.0 Å². The summed E-state index contributed by atoms with van der Waals surface area (Å²) in [6.45, 7) is 5.99. The maximum Gasteiger partial charge on any atom is 0.0897 e. The van der Waals surface area contributed by atoms with E-state index in [4.69, 9.17) is 4.74 Å². The van der Waals surface area contributed by atoms with Gasteiger partial charge in [0.2, 0.25) is 0 Å². The van der Waals surface area contributed by atoms with E-state index >= 15 is 0 Å². The second-order valence-corrected chi connectivity index (χ2v) is 4.44. The number of ether oxygens (including phenoxy) is 1. The molecule has 0 heterocycles. The van der Waals surface area contributed by atoms with Crippen molar-refractivity contribution in [1.82, 2.24) is 10.2 Å². The third-order valence-corrected chi connectivity index (χ3v) is 2.29. The largest absolute Gasteiger partial charge is 0.389 e. The Kier molecular flexibility index (Phi) is 11.2. The SMILES string of the molecule is CCCCOCC(O)CNCCCN(C)C. The van der Waals surface area contributed by atoms with Crippen molar-refractivity contribution in [3.8, 4) is 0 Å². The van der Waals surface area contributed by atoms with Crippen LogP contribution in [-0.4, -0.2) is 63.1 Å². The van der Waals surface area contributed by atoms with Crippen molar-refractivity contribution in [2.75, 3.05) is 46.9 Å². The van der Waals surface area contributed by atoms with Gasteiger partial charge in [0.25, 0.3) is 0 Å². The van der Waals surface area contributed by atoms with E-state index in [1.54, 1.807) is 0 Å². The topological polar surface area (TPSA) is 44.7 Å². The average Bonchev–Trinajstić information content (AvgIpc) is 2.23. The van der Waals surface area contributed by atoms with Gasteiger partial charge in [0, 0.05) is 13.2 Å². The highest BCUT2D eigenvalue weighted by Crippen LogP contribution is 1.90. The van der Waals surface area contributed by atoms with Crippen LogP contribution in [0.2, 0.25) is 0 Å². The number of hydrogen-bond acceptors (Lipinski definition) is 4. The van der Waals surface area contributed by atoms with E-state index in [0.29, 0.717) is 13.2 Å². The number of hydrogen-bond donors (Lipinski definition) is 2. The Hall–Kier alpha value is -0.160. The van der Waals surface area contributed by atoms with Crippen LogP contribution in [0, 0.1) is 0 Å². The number of aliphatic hydroxyl groups is 1. The summed E-state index contributed by atoms with van der Waals surface area (Å²) in [6.07, 6.45) is 2.94. The van der Waals surface area contributed by atoms with E-state index in [-0.39, 0.29) is 6.10 Å². The summed E-state index contributed by atoms with van der Waals surface area (Å²) in [5.74, 6) is 0. The standard InChI is InChI=1S/C12H28N2O2/c1-4-5-9-16-11-12(15)10-13-7-6-8-14(2)3/h12-13,15H,4-11H2,1-3H3. The molecule has 4 nitrogen and oxygen atoms in total. The first-order chi connectivity index (χ1) is 7.66. The summed E-state index contributed by atoms with van der Waals surface area (Å²) >= 11 is 0. The molecule has 98 valence electrons. The minimum Gasteiger partial charge on any atom is -0.389 e. The summed E-state index contributed by atoms with van der Waals surface area (Å²) in [4.78, 5) is 2.16. The lowest BCUT2D eigenvalue weighted by atomic mass is 10.3. The van der Waals surface area contributed by atoms with E-state index in [0.717, 1.165) is 39.0 Å². The molecule has 0 aliphatic rings. The minimum absolute atomic E-state index is 0.379. The fourth-order valence-electron chi connectivity index (χ4n) is 1.31. The smallest absolute Gasteiger partial charge is 0.0897 e. The average molecular weight is 232 g/mol. The number of rotatable bonds is 11. The van der Waals surface area contributed by atoms with Gasteiger partial charge >= 0.3 is 0 Å². The highest BCUT2D eigenvalue weighted by molar-refractivity contribution is 4.59. The van der Waals surface area contributed by atoms with Crippen LogP contribution in [-0.2, 0) is 4.74 Å². The van der Waals surface area contributed by atoms with Gasteiger partial charge < -0.3 is 20.1 Å². The molecule has 2 N–H and O–H groups in total. The van der Waals surface area contributed by atoms with Crippen LogP contribution in [0.3, 0.4) is 0 Å². The summed E-state index contributed by atoms with van der Waals surface area (Å²) in [7, 11) is 4.13. The second kappa shape index (κ2) is 11.3. The number of nitrogens with one attached hydrogen (secondary N) is 1. The Morgan fingerprint density at radius 2 is 2.06 bits per heavy atom. The quantitative estimate of drug-likeness (QED) is 0.515. The molecule has 0 amide bonds. The first kappa shape index (κ1) is 15.8. The lowest BCUT2D eigenvalue weighted by Crippen LogP contribution is -2.32. The zero-order valence-corrected chi connectivity index (χ0v) is 11.0. The Balaban J connectivity index is 3.14. The molecule has 16 heavy (non-hydrogen) atoms. The van der Waals surface area contributed by atoms with Crippen molar-refractivity contribution >= 4 is 0 Å². The summed E-state index contributed by atoms with van der Waals surface area (Å²) in [5, 5.41) is 12.8. The molecule has 0 aromatic heterocycles. The predicted octanol–water partition coefficient (Wildman–Crippen LogP) is 0.705. The third-order valence-electron chi connectivity index (χ3n) is 2.29. The van der Waals surface area contributed by atoms with Gasteiger partial charge in [-0.3, -0.25) is 0 Å². The Morgan fingerprint density at radius 1 is 1.31 bits per heavy atom. The maximum atomic E-state index is 9.56. The highest BCUT2D eigenvalue weighted by Gasteiger charge is 2.02. The van der Waals surface area contributed by atoms with Gasteiger partial charge in [-0.05, 0) is 40.0 Å². The first-order valence-corrected chi connectivity index (χ1v) is 6.28. The van der Waals surface area contributed by atoms with Crippen molar-refractivity contribution in [3.63, 3.8) is 0 Å². The van der Waals surface area contributed by atoms with Gasteiger partial charge in [-0.25, -0.2) is 0 Å². The molecule has 0 spiro atoms. The summed E-state index contributed by atoms with van der Waals surface area (Å²) < 4.78 is 5.33. The van der Waals surface area contributed by atoms with Crippen LogP contribution in [0.5, 0.6) is 0 Å². The van der Waals surface area contributed by atoms with Crippen molar-refractivity contribution in [2.24, 2.45) is 0 Å². The molecule has 0 bridgehead atoms. The molecule has 0 aromatic carbocycles. The van der Waals surface area contributed by atoms with Gasteiger partial charge in [0.15, 0.2) is 0 Å². The van der Waals surface area contributed by atoms with Crippen molar-refractivity contribution < 1.29 is 9.84 Å². The van der Waals surface area contributed by atoms with Gasteiger partial charge in [0.05, 0.1) is 12.7 Å². The molecule has 0 aliphatic carbocycles. The first-order valence-electron chi connectivity index (χ1n) is 6.28. The van der Waals surface area contributed by atoms with Gasteiger partial charge in [-0.2, -0.15) is 0 Å². The zero-order valence-electron chi connectivity index (χ0n) is 11.0. The monoisotopic (exact) mass is 232 g/mol. The van der Waals surface area contributed by atoms with Crippen molar-refractivity contribution in [1.29, 1.82) is 0 Å². The number of unbranched alkanes of at least 4 members (excludes halogenated alkanes) is 1. The van der Waals surface area contributed by atoms with E-state index < -0.39 is 0 Å². The third kappa shape index (κ3) is 11.9. The van der Waals surface area contributed by atoms with Crippen LogP contribution < -0.4 is 5.32 Å². The Morgan fingerprint density at radius 3 is 2.69 bits per heavy atom. The minimum atomic E-state index is -0.379. The van der Waals surface area contributed by atoms with Crippen molar-refractivity contribution in [2.45, 2.75) is 32.3 Å². The van der Waals surface area contributed by atoms with E-state index in [1.807, 2.05) is 0 Å². The Bertz CT molecular complexity index is 143. The molecule has 0 fully saturated rings. The zero-order chi connectivity index (χ0) is 12.2. The molecule has 4 heteroatoms. The lowest BCUT2D eigenvalue weighted by Gasteiger charge is -2.13. The van der Waals surface area contributed by atoms with Crippen LogP contribution in [0.4, 0.5) is 0 Å². The van der Waals surface area contributed by atoms with Gasteiger partial charge in [-0.15, -0.1) is 0 Å². The lowest BCUT2D eigenvalue weighted by molar-refractivity contribution is 0.0359. The van der Waals surface area contributed by atoms with Crippen LogP contribution in [0.1, 0.15) is 26.2 Å². The molecule has 1 atom stereocenters. The van der Waals surface area contributed by atoms with Crippen LogP contribution >= 0.6 is 0 Å². The summed E-state index contributed by atoms with van der Waals surface area (Å²) in [6, 6.07) is 0. The highest BCUT2D eigenvalue weighted by atomic mass is 16.5. The molecule has 0 rings (SSSR count). The fourth-order valence-corrected chi connectivity index (χ4v) is 1.31. The molecular formula is C12H28N2O2. The molecule has 0 saturated heterocycles. The summed E-state index contributed by atoms with van der Waals surface area (Å²) in [5.41, 5.74) is 0. The maximum absolute atomic E-state index is 9.56. The second-order valence-electron chi connectivity index (χ2n) is 4.44. The van der Waals surface area contributed by atoms with Crippen molar-refractivity contribution in [3.05, 3.63) is 0 Å². The molecule has 1 unspecified atom stereocenters. The number of aliphatic hydroxyl groups excluding tert-OH is 1. The molecular weight excluding hydrogens is 204 g/mol. The van der Waals surface area contributed by atoms with E-state index in [2.05, 4.69) is 31.2 Å². The van der Waals surface area contributed by atoms with Crippen LogP contribution in [0.25, 0.3) is 0 Å². The number of nitrogens with zero attached hydrogens (tertiary/aromatic N) is 1. The molecule has 0 aromatic rings. The normalized spacial score (nSPS) is 13.3. The van der Waals surface area contributed by atoms with Gasteiger partial charge in [-0.1, -0.05) is 13.3 Å². The van der Waals surface area contributed by atoms with E-state index in [9.17, 15) is 5.11 Å². The molecule has 0 aliphatic heterocycles. The van der Waals surface area contributed by atoms with Gasteiger partial charge in [0.1, 0.15) is 0 Å².